The summed E-state index contributed by atoms with van der Waals surface area (Å²) < 4.78 is 72.6. The summed E-state index contributed by atoms with van der Waals surface area (Å²) >= 11 is 0. The maximum Gasteiger partial charge on any atom is 0.296 e. The lowest BCUT2D eigenvalue weighted by Crippen LogP contribution is -2.06. The van der Waals surface area contributed by atoms with E-state index in [1.807, 2.05) is 0 Å². The van der Waals surface area contributed by atoms with E-state index < -0.39 is 41.5 Å². The maximum atomic E-state index is 11.2. The molecule has 4 aromatic rings. The molecule has 0 amide bonds. The van der Waals surface area contributed by atoms with E-state index in [0.29, 0.717) is 28.6 Å². The molecule has 0 spiro atoms. The number of hydrogen-bond acceptors (Lipinski definition) is 14. The first-order valence-electron chi connectivity index (χ1n) is 11.6. The summed E-state index contributed by atoms with van der Waals surface area (Å²) in [6.45, 7) is 0.222. The maximum absolute atomic E-state index is 11.2. The second kappa shape index (κ2) is 13.7. The van der Waals surface area contributed by atoms with Gasteiger partial charge in [-0.2, -0.15) is 21.7 Å². The predicted molar refractivity (Wildman–Crippen MR) is 163 cm³/mol. The molecular weight excluding hydrogens is 608 g/mol. The van der Waals surface area contributed by atoms with Crippen LogP contribution in [0.3, 0.4) is 0 Å². The number of phenols is 1. The summed E-state index contributed by atoms with van der Waals surface area (Å²) in [6, 6.07) is 13.1. The Hall–Kier alpha value is -5.04. The largest absolute Gasteiger partial charge is 0.505 e. The van der Waals surface area contributed by atoms with Crippen molar-refractivity contribution in [1.29, 1.82) is 0 Å². The van der Waals surface area contributed by atoms with Gasteiger partial charge in [-0.15, -0.1) is 0 Å². The normalized spacial score (nSPS) is 11.0. The lowest BCUT2D eigenvalue weighted by Gasteiger charge is -2.11. The SMILES string of the molecule is COc1cc(N)c(OC)cc1N.Nc1cc2c(O)c(N)c(S(=O)(=O)O)cc2cc1S(=O)(=O)O.Nc1ccc(CN=O)cc1. The molecule has 0 aromatic heterocycles. The number of aromatic hydroxyl groups is 1. The van der Waals surface area contributed by atoms with E-state index in [9.17, 15) is 26.8 Å². The van der Waals surface area contributed by atoms with Crippen molar-refractivity contribution in [1.82, 2.24) is 0 Å². The monoisotopic (exact) mass is 638 g/mol. The van der Waals surface area contributed by atoms with Gasteiger partial charge < -0.3 is 43.2 Å². The first kappa shape index (κ1) is 34.2. The molecule has 43 heavy (non-hydrogen) atoms. The molecule has 0 atom stereocenters. The van der Waals surface area contributed by atoms with E-state index in [1.165, 1.54) is 14.2 Å². The van der Waals surface area contributed by atoms with Crippen LogP contribution >= 0.6 is 0 Å². The number of nitrogen functional groups attached to an aromatic ring is 5. The zero-order valence-electron chi connectivity index (χ0n) is 22.8. The van der Waals surface area contributed by atoms with Crippen molar-refractivity contribution in [3.8, 4) is 17.2 Å². The molecule has 4 rings (SSSR count). The third-order valence-electron chi connectivity index (χ3n) is 5.61. The topological polar surface area (TPSA) is 307 Å². The van der Waals surface area contributed by atoms with Gasteiger partial charge in [-0.1, -0.05) is 17.3 Å². The Balaban J connectivity index is 0.000000248. The van der Waals surface area contributed by atoms with Crippen LogP contribution in [0.15, 0.2) is 69.6 Å². The molecule has 18 heteroatoms. The molecule has 4 aromatic carbocycles. The van der Waals surface area contributed by atoms with Gasteiger partial charge >= 0.3 is 0 Å². The van der Waals surface area contributed by atoms with E-state index in [-0.39, 0.29) is 23.0 Å². The van der Waals surface area contributed by atoms with E-state index in [4.69, 9.17) is 47.2 Å². The smallest absolute Gasteiger partial charge is 0.296 e. The molecule has 0 radical (unpaired) electrons. The van der Waals surface area contributed by atoms with Crippen LogP contribution in [0.25, 0.3) is 10.8 Å². The molecule has 13 N–H and O–H groups in total. The van der Waals surface area contributed by atoms with Crippen molar-refractivity contribution in [3.05, 3.63) is 65.1 Å². The van der Waals surface area contributed by atoms with E-state index in [2.05, 4.69) is 5.18 Å². The van der Waals surface area contributed by atoms with Crippen LogP contribution in [0.4, 0.5) is 28.4 Å². The number of benzene rings is 4. The Morgan fingerprint density at radius 1 is 0.721 bits per heavy atom. The van der Waals surface area contributed by atoms with Gasteiger partial charge in [0.25, 0.3) is 20.2 Å². The lowest BCUT2D eigenvalue weighted by atomic mass is 10.1. The van der Waals surface area contributed by atoms with Crippen LogP contribution in [0.5, 0.6) is 17.2 Å². The van der Waals surface area contributed by atoms with E-state index in [0.717, 1.165) is 23.8 Å². The summed E-state index contributed by atoms with van der Waals surface area (Å²) in [5, 5.41) is 12.5. The number of nitroso groups, excluding NO2 is 1. The van der Waals surface area contributed by atoms with Crippen LogP contribution in [0.1, 0.15) is 5.56 Å². The van der Waals surface area contributed by atoms with Gasteiger partial charge in [0.2, 0.25) is 0 Å². The third kappa shape index (κ3) is 8.72. The highest BCUT2D eigenvalue weighted by Crippen LogP contribution is 2.39. The molecule has 0 heterocycles. The number of hydrogen-bond donors (Lipinski definition) is 8. The molecule has 0 bridgehead atoms. The highest BCUT2D eigenvalue weighted by Gasteiger charge is 2.22. The van der Waals surface area contributed by atoms with Gasteiger partial charge in [0.15, 0.2) is 0 Å². The highest BCUT2D eigenvalue weighted by molar-refractivity contribution is 7.86. The quantitative estimate of drug-likeness (QED) is 0.0651. The number of nitrogens with two attached hydrogens (primary N) is 5. The van der Waals surface area contributed by atoms with Crippen molar-refractivity contribution in [2.24, 2.45) is 5.18 Å². The Bertz CT molecular complexity index is 1810. The minimum atomic E-state index is -4.73. The fourth-order valence-corrected chi connectivity index (χ4v) is 4.78. The number of phenolic OH excluding ortho intramolecular Hbond substituents is 1. The Kier molecular flexibility index (Phi) is 10.9. The zero-order chi connectivity index (χ0) is 32.7. The molecule has 0 aliphatic heterocycles. The van der Waals surface area contributed by atoms with Crippen LogP contribution in [0.2, 0.25) is 0 Å². The lowest BCUT2D eigenvalue weighted by molar-refractivity contribution is 0.407. The van der Waals surface area contributed by atoms with Crippen LogP contribution in [-0.2, 0) is 26.8 Å². The minimum Gasteiger partial charge on any atom is -0.505 e. The standard InChI is InChI=1S/C10H10N2O7S2.C8H12N2O2.C7H8N2O/c11-6-3-5-4(1-7(6)20(14,15)16)2-8(21(17,18)19)9(12)10(5)13;1-11-7-3-6(10)8(12-2)4-5(7)9;8-7-3-1-6(2-4-7)5-9-10/h1-3,13H,11-12H2,(H,14,15,16)(H,17,18,19);3-4H,9-10H2,1-2H3;1-4H,5,8H2. The average Bonchev–Trinajstić information content (AvgIpc) is 2.92. The molecule has 0 aliphatic rings. The van der Waals surface area contributed by atoms with E-state index >= 15 is 0 Å². The molecule has 0 saturated heterocycles. The molecular formula is C25H30N6O10S2. The van der Waals surface area contributed by atoms with Crippen molar-refractivity contribution in [3.63, 3.8) is 0 Å². The van der Waals surface area contributed by atoms with Crippen molar-refractivity contribution >= 4 is 59.4 Å². The van der Waals surface area contributed by atoms with Gasteiger partial charge in [-0.25, -0.2) is 0 Å². The zero-order valence-corrected chi connectivity index (χ0v) is 24.4. The summed E-state index contributed by atoms with van der Waals surface area (Å²) in [6.07, 6.45) is 0. The summed E-state index contributed by atoms with van der Waals surface area (Å²) in [5.41, 5.74) is 29.2. The first-order valence-corrected chi connectivity index (χ1v) is 14.5. The van der Waals surface area contributed by atoms with Crippen molar-refractivity contribution in [2.75, 3.05) is 42.9 Å². The minimum absolute atomic E-state index is 0.0372. The summed E-state index contributed by atoms with van der Waals surface area (Å²) in [7, 11) is -6.30. The fraction of sp³-hybridized carbons (Fsp3) is 0.120. The second-order valence-electron chi connectivity index (χ2n) is 8.56. The van der Waals surface area contributed by atoms with Crippen LogP contribution < -0.4 is 38.1 Å². The number of methoxy groups -OCH3 is 2. The fourth-order valence-electron chi connectivity index (χ4n) is 3.50. The third-order valence-corrected chi connectivity index (χ3v) is 7.41. The molecule has 0 unspecified atom stereocenters. The highest BCUT2D eigenvalue weighted by atomic mass is 32.2. The predicted octanol–water partition coefficient (Wildman–Crippen LogP) is 2.61. The molecule has 0 fully saturated rings. The first-order chi connectivity index (χ1) is 19.9. The van der Waals surface area contributed by atoms with Gasteiger partial charge in [0.1, 0.15) is 33.6 Å². The van der Waals surface area contributed by atoms with E-state index in [1.54, 1.807) is 36.4 Å². The van der Waals surface area contributed by atoms with Crippen molar-refractivity contribution in [2.45, 2.75) is 16.3 Å². The molecule has 232 valence electrons. The summed E-state index contributed by atoms with van der Waals surface area (Å²) in [4.78, 5) is 8.32. The van der Waals surface area contributed by atoms with Gasteiger partial charge in [-0.3, -0.25) is 9.11 Å². The second-order valence-corrected chi connectivity index (χ2v) is 11.3. The van der Waals surface area contributed by atoms with Gasteiger partial charge in [0.05, 0.1) is 37.0 Å². The van der Waals surface area contributed by atoms with Crippen LogP contribution in [-0.4, -0.2) is 45.3 Å². The molecule has 0 saturated carbocycles. The Morgan fingerprint density at radius 2 is 1.19 bits per heavy atom. The molecule has 0 aliphatic carbocycles. The Morgan fingerprint density at radius 3 is 1.60 bits per heavy atom. The number of ether oxygens (including phenoxy) is 2. The van der Waals surface area contributed by atoms with Gasteiger partial charge in [-0.05, 0) is 41.3 Å². The number of fused-ring (bicyclic) bond motifs is 1. The van der Waals surface area contributed by atoms with Crippen LogP contribution in [0, 0.1) is 4.91 Å². The summed E-state index contributed by atoms with van der Waals surface area (Å²) in [5.74, 6) is 0.440. The molecule has 16 nitrogen and oxygen atoms in total. The van der Waals surface area contributed by atoms with Gasteiger partial charge in [0, 0.05) is 23.2 Å². The van der Waals surface area contributed by atoms with Crippen molar-refractivity contribution < 1.29 is 40.5 Å². The Labute approximate surface area is 246 Å². The number of rotatable bonds is 6. The number of anilines is 5. The number of nitrogens with zero attached hydrogens (tertiary/aromatic N) is 1. The average molecular weight is 639 g/mol.